The first kappa shape index (κ1) is 14.0. The average molecular weight is 265 g/mol. The predicted octanol–water partition coefficient (Wildman–Crippen LogP) is 0.990. The quantitative estimate of drug-likeness (QED) is 0.886. The molecule has 2 N–H and O–H groups in total. The van der Waals surface area contributed by atoms with E-state index in [1.165, 1.54) is 12.1 Å². The predicted molar refractivity (Wildman–Crippen MR) is 72.0 cm³/mol. The normalized spacial score (nSPS) is 18.4. The Hall–Kier alpha value is -1.46. The molecule has 2 rings (SSSR count). The largest absolute Gasteiger partial charge is 0.340 e. The van der Waals surface area contributed by atoms with Crippen molar-refractivity contribution in [1.82, 2.24) is 9.80 Å². The summed E-state index contributed by atoms with van der Waals surface area (Å²) >= 11 is 0. The number of nitrogens with zero attached hydrogens (tertiary/aromatic N) is 2. The molecular formula is C14H20FN3O. The summed E-state index contributed by atoms with van der Waals surface area (Å²) in [5.74, 6) is -0.119. The van der Waals surface area contributed by atoms with E-state index in [-0.39, 0.29) is 17.8 Å². The fourth-order valence-corrected chi connectivity index (χ4v) is 2.53. The van der Waals surface area contributed by atoms with Crippen LogP contribution in [0, 0.1) is 5.82 Å². The summed E-state index contributed by atoms with van der Waals surface area (Å²) in [6.45, 7) is 5.15. The van der Waals surface area contributed by atoms with Crippen LogP contribution in [0.2, 0.25) is 0 Å². The van der Waals surface area contributed by atoms with E-state index in [4.69, 9.17) is 5.73 Å². The van der Waals surface area contributed by atoms with Crippen molar-refractivity contribution < 1.29 is 9.18 Å². The molecule has 1 aliphatic heterocycles. The minimum absolute atomic E-state index is 0.0923. The molecule has 1 atom stereocenters. The van der Waals surface area contributed by atoms with Crippen molar-refractivity contribution in [3.05, 3.63) is 35.6 Å². The zero-order valence-corrected chi connectivity index (χ0v) is 11.2. The molecule has 1 amide bonds. The maximum Gasteiger partial charge on any atom is 0.219 e. The van der Waals surface area contributed by atoms with Crippen molar-refractivity contribution >= 4 is 5.91 Å². The molecule has 0 bridgehead atoms. The summed E-state index contributed by atoms with van der Waals surface area (Å²) in [4.78, 5) is 15.4. The summed E-state index contributed by atoms with van der Waals surface area (Å²) in [5, 5.41) is 0. The lowest BCUT2D eigenvalue weighted by molar-refractivity contribution is -0.130. The van der Waals surface area contributed by atoms with Gasteiger partial charge in [0.05, 0.1) is 0 Å². The van der Waals surface area contributed by atoms with Crippen LogP contribution in [0.4, 0.5) is 4.39 Å². The molecule has 4 nitrogen and oxygen atoms in total. The average Bonchev–Trinajstić information content (AvgIpc) is 2.42. The number of carbonyl (C=O) groups excluding carboxylic acids is 1. The Morgan fingerprint density at radius 3 is 2.32 bits per heavy atom. The number of halogens is 1. The molecule has 0 aromatic heterocycles. The van der Waals surface area contributed by atoms with E-state index >= 15 is 0 Å². The topological polar surface area (TPSA) is 49.6 Å². The fraction of sp³-hybridized carbons (Fsp3) is 0.500. The molecule has 0 saturated carbocycles. The molecule has 19 heavy (non-hydrogen) atoms. The lowest BCUT2D eigenvalue weighted by atomic mass is 10.0. The standard InChI is InChI=1S/C14H20FN3O/c1-11(19)17-6-8-18(9-7-17)14(10-16)12-2-4-13(15)5-3-12/h2-5,14H,6-10,16H2,1H3. The van der Waals surface area contributed by atoms with Crippen LogP contribution in [0.25, 0.3) is 0 Å². The highest BCUT2D eigenvalue weighted by Crippen LogP contribution is 2.21. The van der Waals surface area contributed by atoms with Gasteiger partial charge in [-0.1, -0.05) is 12.1 Å². The van der Waals surface area contributed by atoms with Crippen molar-refractivity contribution in [2.45, 2.75) is 13.0 Å². The second-order valence-corrected chi connectivity index (χ2v) is 4.85. The zero-order chi connectivity index (χ0) is 13.8. The van der Waals surface area contributed by atoms with E-state index < -0.39 is 0 Å². The fourth-order valence-electron chi connectivity index (χ4n) is 2.53. The Morgan fingerprint density at radius 2 is 1.84 bits per heavy atom. The molecule has 5 heteroatoms. The highest BCUT2D eigenvalue weighted by atomic mass is 19.1. The SMILES string of the molecule is CC(=O)N1CCN(C(CN)c2ccc(F)cc2)CC1. The van der Waals surface area contributed by atoms with Gasteiger partial charge < -0.3 is 10.6 Å². The minimum Gasteiger partial charge on any atom is -0.340 e. The maximum absolute atomic E-state index is 12.9. The summed E-state index contributed by atoms with van der Waals surface area (Å²) in [6, 6.07) is 6.58. The molecule has 1 aromatic rings. The van der Waals surface area contributed by atoms with Gasteiger partial charge in [0, 0.05) is 45.7 Å². The Bertz CT molecular complexity index is 427. The lowest BCUT2D eigenvalue weighted by Crippen LogP contribution is -2.50. The van der Waals surface area contributed by atoms with Gasteiger partial charge in [0.15, 0.2) is 0 Å². The smallest absolute Gasteiger partial charge is 0.219 e. The van der Waals surface area contributed by atoms with E-state index in [9.17, 15) is 9.18 Å². The van der Waals surface area contributed by atoms with E-state index in [1.807, 2.05) is 4.90 Å². The number of nitrogens with two attached hydrogens (primary N) is 1. The van der Waals surface area contributed by atoms with Crippen LogP contribution < -0.4 is 5.73 Å². The van der Waals surface area contributed by atoms with Crippen LogP contribution >= 0.6 is 0 Å². The van der Waals surface area contributed by atoms with Gasteiger partial charge in [0.1, 0.15) is 5.82 Å². The van der Waals surface area contributed by atoms with E-state index in [0.29, 0.717) is 6.54 Å². The van der Waals surface area contributed by atoms with Crippen LogP contribution in [0.15, 0.2) is 24.3 Å². The molecule has 1 unspecified atom stereocenters. The lowest BCUT2D eigenvalue weighted by Gasteiger charge is -2.38. The van der Waals surface area contributed by atoms with Gasteiger partial charge in [-0.15, -0.1) is 0 Å². The molecule has 1 aromatic carbocycles. The number of benzene rings is 1. The van der Waals surface area contributed by atoms with Gasteiger partial charge >= 0.3 is 0 Å². The summed E-state index contributed by atoms with van der Waals surface area (Å²) in [5.41, 5.74) is 6.88. The van der Waals surface area contributed by atoms with Crippen LogP contribution in [0.5, 0.6) is 0 Å². The number of hydrogen-bond acceptors (Lipinski definition) is 3. The van der Waals surface area contributed by atoms with Gasteiger partial charge in [0.25, 0.3) is 0 Å². The summed E-state index contributed by atoms with van der Waals surface area (Å²) < 4.78 is 12.9. The molecule has 1 aliphatic rings. The molecule has 0 aliphatic carbocycles. The highest BCUT2D eigenvalue weighted by molar-refractivity contribution is 5.73. The van der Waals surface area contributed by atoms with Crippen molar-refractivity contribution in [2.75, 3.05) is 32.7 Å². The number of rotatable bonds is 3. The second-order valence-electron chi connectivity index (χ2n) is 4.85. The summed E-state index contributed by atoms with van der Waals surface area (Å²) in [7, 11) is 0. The van der Waals surface area contributed by atoms with Gasteiger partial charge in [-0.25, -0.2) is 4.39 Å². The Kier molecular flexibility index (Phi) is 4.50. The molecule has 0 radical (unpaired) electrons. The zero-order valence-electron chi connectivity index (χ0n) is 11.2. The van der Waals surface area contributed by atoms with E-state index in [2.05, 4.69) is 4.90 Å². The molecule has 104 valence electrons. The van der Waals surface area contributed by atoms with Gasteiger partial charge in [-0.2, -0.15) is 0 Å². The first-order valence-electron chi connectivity index (χ1n) is 6.57. The second kappa shape index (κ2) is 6.12. The minimum atomic E-state index is -0.235. The molecular weight excluding hydrogens is 245 g/mol. The molecule has 1 saturated heterocycles. The Morgan fingerprint density at radius 1 is 1.26 bits per heavy atom. The number of amides is 1. The molecule has 1 heterocycles. The van der Waals surface area contributed by atoms with E-state index in [1.54, 1.807) is 19.1 Å². The number of carbonyl (C=O) groups is 1. The third kappa shape index (κ3) is 3.30. The monoisotopic (exact) mass is 265 g/mol. The van der Waals surface area contributed by atoms with Crippen molar-refractivity contribution in [3.63, 3.8) is 0 Å². The van der Waals surface area contributed by atoms with Crippen molar-refractivity contribution in [2.24, 2.45) is 5.73 Å². The first-order chi connectivity index (χ1) is 9.11. The maximum atomic E-state index is 12.9. The van der Waals surface area contributed by atoms with Crippen LogP contribution in [-0.4, -0.2) is 48.4 Å². The van der Waals surface area contributed by atoms with Gasteiger partial charge in [0.2, 0.25) is 5.91 Å². The Balaban J connectivity index is 2.03. The number of hydrogen-bond donors (Lipinski definition) is 1. The van der Waals surface area contributed by atoms with Crippen LogP contribution in [0.3, 0.4) is 0 Å². The highest BCUT2D eigenvalue weighted by Gasteiger charge is 2.24. The van der Waals surface area contributed by atoms with Gasteiger partial charge in [-0.05, 0) is 17.7 Å². The Labute approximate surface area is 113 Å². The third-order valence-electron chi connectivity index (χ3n) is 3.68. The van der Waals surface area contributed by atoms with Crippen molar-refractivity contribution in [1.29, 1.82) is 0 Å². The van der Waals surface area contributed by atoms with Crippen LogP contribution in [0.1, 0.15) is 18.5 Å². The summed E-state index contributed by atoms with van der Waals surface area (Å²) in [6.07, 6.45) is 0. The molecule has 1 fully saturated rings. The number of piperazine rings is 1. The van der Waals surface area contributed by atoms with Crippen molar-refractivity contribution in [3.8, 4) is 0 Å². The van der Waals surface area contributed by atoms with Crippen LogP contribution in [-0.2, 0) is 4.79 Å². The first-order valence-corrected chi connectivity index (χ1v) is 6.57. The third-order valence-corrected chi connectivity index (χ3v) is 3.68. The van der Waals surface area contributed by atoms with E-state index in [0.717, 1.165) is 31.7 Å². The molecule has 0 spiro atoms. The van der Waals surface area contributed by atoms with Gasteiger partial charge in [-0.3, -0.25) is 9.69 Å².